The molecular weight excluding hydrogens is 230 g/mol. The molecule has 1 aliphatic heterocycles. The highest BCUT2D eigenvalue weighted by atomic mass is 16.5. The number of hydrogen-bond donors (Lipinski definition) is 1. The second-order valence-electron chi connectivity index (χ2n) is 5.08. The van der Waals surface area contributed by atoms with E-state index in [9.17, 15) is 9.59 Å². The number of ether oxygens (including phenoxy) is 1. The minimum absolute atomic E-state index is 0.0129. The number of fused-ring (bicyclic) bond motifs is 3. The largest absolute Gasteiger partial charge is 0.469 e. The lowest BCUT2D eigenvalue weighted by Crippen LogP contribution is -2.49. The molecule has 1 aliphatic carbocycles. The summed E-state index contributed by atoms with van der Waals surface area (Å²) in [6, 6.07) is 5.93. The summed E-state index contributed by atoms with van der Waals surface area (Å²) >= 11 is 0. The third-order valence-corrected chi connectivity index (χ3v) is 4.04. The average molecular weight is 245 g/mol. The van der Waals surface area contributed by atoms with Crippen LogP contribution in [-0.2, 0) is 14.3 Å². The number of anilines is 1. The third kappa shape index (κ3) is 1.45. The Morgan fingerprint density at radius 3 is 2.94 bits per heavy atom. The summed E-state index contributed by atoms with van der Waals surface area (Å²) in [5, 5.41) is 2.90. The molecule has 1 aromatic rings. The standard InChI is InChI=1S/C14H15NO3/c1-7-3-4-11-8(5-7)12-9(13(16)15-11)6-10(12)14(17)18-2/h3-5,9-10,12H,6H2,1-2H3,(H,15,16)/t9-,10-,12-/m1/s1. The average Bonchev–Trinajstić information content (AvgIpc) is 2.30. The molecule has 1 aromatic carbocycles. The van der Waals surface area contributed by atoms with Gasteiger partial charge in [0.25, 0.3) is 0 Å². The smallest absolute Gasteiger partial charge is 0.309 e. The van der Waals surface area contributed by atoms with E-state index in [1.165, 1.54) is 7.11 Å². The van der Waals surface area contributed by atoms with Crippen LogP contribution in [0.4, 0.5) is 5.69 Å². The van der Waals surface area contributed by atoms with Crippen molar-refractivity contribution in [3.8, 4) is 0 Å². The zero-order chi connectivity index (χ0) is 12.9. The Kier molecular flexibility index (Phi) is 2.40. The Bertz CT molecular complexity index is 538. The van der Waals surface area contributed by atoms with Gasteiger partial charge in [-0.15, -0.1) is 0 Å². The molecule has 1 saturated carbocycles. The second kappa shape index (κ2) is 3.83. The Balaban J connectivity index is 2.02. The zero-order valence-electron chi connectivity index (χ0n) is 10.4. The number of carbonyl (C=O) groups is 2. The lowest BCUT2D eigenvalue weighted by molar-refractivity contribution is -0.153. The molecule has 18 heavy (non-hydrogen) atoms. The summed E-state index contributed by atoms with van der Waals surface area (Å²) in [5.41, 5.74) is 3.04. The maximum Gasteiger partial charge on any atom is 0.309 e. The fraction of sp³-hybridized carbons (Fsp3) is 0.429. The summed E-state index contributed by atoms with van der Waals surface area (Å²) in [6.07, 6.45) is 0.594. The van der Waals surface area contributed by atoms with E-state index in [0.29, 0.717) is 6.42 Å². The normalized spacial score (nSPS) is 28.6. The fourth-order valence-corrected chi connectivity index (χ4v) is 3.05. The highest BCUT2D eigenvalue weighted by Crippen LogP contribution is 2.53. The minimum atomic E-state index is -0.210. The van der Waals surface area contributed by atoms with Crippen molar-refractivity contribution in [1.29, 1.82) is 0 Å². The lowest BCUT2D eigenvalue weighted by atomic mass is 9.59. The van der Waals surface area contributed by atoms with Crippen LogP contribution in [0.5, 0.6) is 0 Å². The maximum absolute atomic E-state index is 11.9. The first-order chi connectivity index (χ1) is 8.61. The highest BCUT2D eigenvalue weighted by molar-refractivity contribution is 5.99. The van der Waals surface area contributed by atoms with E-state index < -0.39 is 0 Å². The molecule has 1 heterocycles. The van der Waals surface area contributed by atoms with Crippen molar-refractivity contribution in [2.45, 2.75) is 19.3 Å². The summed E-state index contributed by atoms with van der Waals surface area (Å²) in [7, 11) is 1.40. The van der Waals surface area contributed by atoms with Gasteiger partial charge < -0.3 is 10.1 Å². The van der Waals surface area contributed by atoms with Gasteiger partial charge in [-0.05, 0) is 25.0 Å². The Hall–Kier alpha value is -1.84. The van der Waals surface area contributed by atoms with Crippen molar-refractivity contribution >= 4 is 17.6 Å². The van der Waals surface area contributed by atoms with Gasteiger partial charge in [0.1, 0.15) is 0 Å². The fourth-order valence-electron chi connectivity index (χ4n) is 3.05. The molecule has 3 rings (SSSR count). The number of methoxy groups -OCH3 is 1. The SMILES string of the molecule is COC(=O)[C@@H]1C[C@H]2C(=O)Nc3ccc(C)cc3[C@H]21. The van der Waals surface area contributed by atoms with E-state index >= 15 is 0 Å². The monoisotopic (exact) mass is 245 g/mol. The number of amides is 1. The van der Waals surface area contributed by atoms with Crippen molar-refractivity contribution < 1.29 is 14.3 Å². The van der Waals surface area contributed by atoms with E-state index in [1.807, 2.05) is 19.1 Å². The number of esters is 1. The molecule has 2 aliphatic rings. The first-order valence-electron chi connectivity index (χ1n) is 6.11. The molecule has 0 bridgehead atoms. The molecule has 0 spiro atoms. The summed E-state index contributed by atoms with van der Waals surface area (Å²) in [6.45, 7) is 2.01. The first kappa shape index (κ1) is 11.3. The number of rotatable bonds is 1. The first-order valence-corrected chi connectivity index (χ1v) is 6.11. The Morgan fingerprint density at radius 1 is 1.44 bits per heavy atom. The predicted octanol–water partition coefficient (Wildman–Crippen LogP) is 1.84. The number of benzene rings is 1. The number of carbonyl (C=O) groups excluding carboxylic acids is 2. The Labute approximate surface area is 105 Å². The lowest BCUT2D eigenvalue weighted by Gasteiger charge is -2.45. The van der Waals surface area contributed by atoms with Crippen LogP contribution in [0, 0.1) is 18.8 Å². The van der Waals surface area contributed by atoms with Crippen LogP contribution in [0.2, 0.25) is 0 Å². The van der Waals surface area contributed by atoms with Crippen LogP contribution in [-0.4, -0.2) is 19.0 Å². The van der Waals surface area contributed by atoms with Crippen LogP contribution >= 0.6 is 0 Å². The number of aryl methyl sites for hydroxylation is 1. The van der Waals surface area contributed by atoms with E-state index in [1.54, 1.807) is 0 Å². The quantitative estimate of drug-likeness (QED) is 0.768. The number of hydrogen-bond acceptors (Lipinski definition) is 3. The van der Waals surface area contributed by atoms with Gasteiger partial charge in [0.05, 0.1) is 13.0 Å². The molecule has 1 fully saturated rings. The molecule has 0 unspecified atom stereocenters. The zero-order valence-corrected chi connectivity index (χ0v) is 10.4. The maximum atomic E-state index is 11.9. The third-order valence-electron chi connectivity index (χ3n) is 4.04. The second-order valence-corrected chi connectivity index (χ2v) is 5.08. The van der Waals surface area contributed by atoms with Gasteiger partial charge in [0, 0.05) is 17.5 Å². The molecule has 4 heteroatoms. The van der Waals surface area contributed by atoms with Gasteiger partial charge in [0.2, 0.25) is 5.91 Å². The van der Waals surface area contributed by atoms with Gasteiger partial charge >= 0.3 is 5.97 Å². The van der Waals surface area contributed by atoms with Crippen LogP contribution in [0.15, 0.2) is 18.2 Å². The van der Waals surface area contributed by atoms with Crippen molar-refractivity contribution in [3.05, 3.63) is 29.3 Å². The van der Waals surface area contributed by atoms with Gasteiger partial charge in [0.15, 0.2) is 0 Å². The molecule has 0 radical (unpaired) electrons. The summed E-state index contributed by atoms with van der Waals surface area (Å²) in [5.74, 6) is -0.453. The summed E-state index contributed by atoms with van der Waals surface area (Å²) in [4.78, 5) is 23.6. The number of nitrogens with one attached hydrogen (secondary N) is 1. The molecule has 3 atom stereocenters. The van der Waals surface area contributed by atoms with Crippen LogP contribution in [0.1, 0.15) is 23.5 Å². The van der Waals surface area contributed by atoms with Gasteiger partial charge in [-0.2, -0.15) is 0 Å². The van der Waals surface area contributed by atoms with Gasteiger partial charge in [-0.25, -0.2) is 0 Å². The topological polar surface area (TPSA) is 55.4 Å². The molecule has 4 nitrogen and oxygen atoms in total. The van der Waals surface area contributed by atoms with Gasteiger partial charge in [-0.1, -0.05) is 17.7 Å². The molecule has 0 aromatic heterocycles. The van der Waals surface area contributed by atoms with Crippen molar-refractivity contribution in [2.75, 3.05) is 12.4 Å². The minimum Gasteiger partial charge on any atom is -0.469 e. The van der Waals surface area contributed by atoms with Crippen LogP contribution < -0.4 is 5.32 Å². The van der Waals surface area contributed by atoms with E-state index in [4.69, 9.17) is 4.74 Å². The van der Waals surface area contributed by atoms with Crippen LogP contribution in [0.25, 0.3) is 0 Å². The summed E-state index contributed by atoms with van der Waals surface area (Å²) < 4.78 is 4.81. The Morgan fingerprint density at radius 2 is 2.22 bits per heavy atom. The van der Waals surface area contributed by atoms with E-state index in [-0.39, 0.29) is 29.6 Å². The van der Waals surface area contributed by atoms with Crippen LogP contribution in [0.3, 0.4) is 0 Å². The molecule has 0 saturated heterocycles. The van der Waals surface area contributed by atoms with Crippen molar-refractivity contribution in [2.24, 2.45) is 11.8 Å². The van der Waals surface area contributed by atoms with E-state index in [0.717, 1.165) is 16.8 Å². The molecule has 1 N–H and O–H groups in total. The highest BCUT2D eigenvalue weighted by Gasteiger charge is 2.52. The molecular formula is C14H15NO3. The molecule has 94 valence electrons. The van der Waals surface area contributed by atoms with Crippen molar-refractivity contribution in [1.82, 2.24) is 0 Å². The van der Waals surface area contributed by atoms with Crippen molar-refractivity contribution in [3.63, 3.8) is 0 Å². The van der Waals surface area contributed by atoms with Gasteiger partial charge in [-0.3, -0.25) is 9.59 Å². The predicted molar refractivity (Wildman–Crippen MR) is 66.2 cm³/mol. The van der Waals surface area contributed by atoms with E-state index in [2.05, 4.69) is 11.4 Å². The molecule has 1 amide bonds.